The summed E-state index contributed by atoms with van der Waals surface area (Å²) in [5.74, 6) is 1.24. The van der Waals surface area contributed by atoms with Crippen LogP contribution in [-0.4, -0.2) is 28.5 Å². The maximum Gasteiger partial charge on any atom is 0.228 e. The van der Waals surface area contributed by atoms with Crippen LogP contribution in [0.3, 0.4) is 0 Å². The second-order valence-corrected chi connectivity index (χ2v) is 7.92. The summed E-state index contributed by atoms with van der Waals surface area (Å²) in [5.41, 5.74) is 4.20. The van der Waals surface area contributed by atoms with Crippen molar-refractivity contribution in [2.45, 2.75) is 19.3 Å². The van der Waals surface area contributed by atoms with Crippen LogP contribution in [0.25, 0.3) is 22.4 Å². The number of aromatic nitrogens is 2. The first kappa shape index (κ1) is 16.5. The van der Waals surface area contributed by atoms with Gasteiger partial charge in [0.15, 0.2) is 0 Å². The van der Waals surface area contributed by atoms with Gasteiger partial charge in [-0.3, -0.25) is 4.79 Å². The van der Waals surface area contributed by atoms with Crippen LogP contribution in [0.5, 0.6) is 0 Å². The largest absolute Gasteiger partial charge is 0.327 e. The molecular formula is C22H24N4O. The molecule has 1 spiro atoms. The Hall–Kier alpha value is -2.66. The maximum atomic E-state index is 12.8. The van der Waals surface area contributed by atoms with Crippen molar-refractivity contribution in [1.29, 1.82) is 0 Å². The molecule has 1 unspecified atom stereocenters. The number of fused-ring (bicyclic) bond motifs is 1. The fraction of sp³-hybridized carbons (Fsp3) is 0.364. The number of nitrogens with zero attached hydrogens (tertiary/aromatic N) is 2. The van der Waals surface area contributed by atoms with Crippen molar-refractivity contribution in [2.75, 3.05) is 18.4 Å². The van der Waals surface area contributed by atoms with E-state index in [0.717, 1.165) is 60.5 Å². The van der Waals surface area contributed by atoms with Crippen molar-refractivity contribution in [2.24, 2.45) is 18.4 Å². The molecule has 2 N–H and O–H groups in total. The van der Waals surface area contributed by atoms with Gasteiger partial charge in [0.1, 0.15) is 5.82 Å². The average Bonchev–Trinajstić information content (AvgIpc) is 3.28. The van der Waals surface area contributed by atoms with Crippen molar-refractivity contribution in [3.05, 3.63) is 48.5 Å². The van der Waals surface area contributed by atoms with Gasteiger partial charge in [0, 0.05) is 24.2 Å². The topological polar surface area (TPSA) is 59.0 Å². The van der Waals surface area contributed by atoms with E-state index in [1.807, 2.05) is 49.5 Å². The molecule has 1 atom stereocenters. The quantitative estimate of drug-likeness (QED) is 0.751. The van der Waals surface area contributed by atoms with Crippen LogP contribution in [0.2, 0.25) is 0 Å². The van der Waals surface area contributed by atoms with Gasteiger partial charge < -0.3 is 15.2 Å². The number of nitrogens with one attached hydrogen (secondary N) is 2. The highest BCUT2D eigenvalue weighted by atomic mass is 16.2. The van der Waals surface area contributed by atoms with Crippen LogP contribution in [0, 0.1) is 11.3 Å². The van der Waals surface area contributed by atoms with Crippen molar-refractivity contribution < 1.29 is 4.79 Å². The summed E-state index contributed by atoms with van der Waals surface area (Å²) in [4.78, 5) is 17.5. The molecule has 5 heteroatoms. The molecule has 1 aliphatic heterocycles. The number of carbonyl (C=O) groups excluding carboxylic acids is 1. The van der Waals surface area contributed by atoms with Crippen molar-refractivity contribution in [3.63, 3.8) is 0 Å². The van der Waals surface area contributed by atoms with Gasteiger partial charge in [-0.1, -0.05) is 24.3 Å². The standard InChI is InChI=1S/C22H24N4O/c1-26-19-8-3-2-7-18(19)25-20(26)15-5-4-6-16(13-15)24-21(27)17-14-22(17)9-11-23-12-10-22/h2-8,13,17,23H,9-12,14H2,1H3,(H,24,27). The van der Waals surface area contributed by atoms with E-state index >= 15 is 0 Å². The van der Waals surface area contributed by atoms with E-state index < -0.39 is 0 Å². The van der Waals surface area contributed by atoms with Gasteiger partial charge in [-0.15, -0.1) is 0 Å². The number of imidazole rings is 1. The van der Waals surface area contributed by atoms with Gasteiger partial charge >= 0.3 is 0 Å². The second kappa shape index (κ2) is 6.20. The van der Waals surface area contributed by atoms with Crippen molar-refractivity contribution >= 4 is 22.6 Å². The Labute approximate surface area is 158 Å². The van der Waals surface area contributed by atoms with Crippen molar-refractivity contribution in [1.82, 2.24) is 14.9 Å². The molecule has 0 bridgehead atoms. The predicted molar refractivity (Wildman–Crippen MR) is 107 cm³/mol. The molecule has 1 amide bonds. The number of amides is 1. The fourth-order valence-corrected chi connectivity index (χ4v) is 4.56. The molecule has 1 saturated carbocycles. The third-order valence-electron chi connectivity index (χ3n) is 6.28. The maximum absolute atomic E-state index is 12.8. The van der Waals surface area contributed by atoms with E-state index in [1.165, 1.54) is 0 Å². The van der Waals surface area contributed by atoms with E-state index in [0.29, 0.717) is 0 Å². The number of carbonyl (C=O) groups is 1. The summed E-state index contributed by atoms with van der Waals surface area (Å²) in [6, 6.07) is 16.1. The third-order valence-corrected chi connectivity index (χ3v) is 6.28. The zero-order valence-electron chi connectivity index (χ0n) is 15.5. The molecule has 1 aromatic heterocycles. The smallest absolute Gasteiger partial charge is 0.228 e. The number of para-hydroxylation sites is 2. The van der Waals surface area contributed by atoms with Crippen LogP contribution >= 0.6 is 0 Å². The summed E-state index contributed by atoms with van der Waals surface area (Å²) in [6.45, 7) is 2.07. The molecule has 27 heavy (non-hydrogen) atoms. The molecule has 3 aromatic rings. The van der Waals surface area contributed by atoms with E-state index in [2.05, 4.69) is 21.3 Å². The zero-order valence-corrected chi connectivity index (χ0v) is 15.5. The molecular weight excluding hydrogens is 336 g/mol. The average molecular weight is 360 g/mol. The van der Waals surface area contributed by atoms with Crippen LogP contribution in [-0.2, 0) is 11.8 Å². The van der Waals surface area contributed by atoms with Crippen LogP contribution in [0.4, 0.5) is 5.69 Å². The number of anilines is 1. The fourth-order valence-electron chi connectivity index (χ4n) is 4.56. The molecule has 1 saturated heterocycles. The Morgan fingerprint density at radius 2 is 2.00 bits per heavy atom. The Morgan fingerprint density at radius 1 is 1.19 bits per heavy atom. The lowest BCUT2D eigenvalue weighted by molar-refractivity contribution is -0.118. The lowest BCUT2D eigenvalue weighted by Crippen LogP contribution is -2.31. The minimum absolute atomic E-state index is 0.166. The lowest BCUT2D eigenvalue weighted by Gasteiger charge is -2.23. The van der Waals surface area contributed by atoms with E-state index in [1.54, 1.807) is 0 Å². The lowest BCUT2D eigenvalue weighted by atomic mass is 9.92. The number of hydrogen-bond donors (Lipinski definition) is 2. The van der Waals surface area contributed by atoms with Crippen molar-refractivity contribution in [3.8, 4) is 11.4 Å². The summed E-state index contributed by atoms with van der Waals surface area (Å²) >= 11 is 0. The molecule has 2 heterocycles. The first-order valence-corrected chi connectivity index (χ1v) is 9.70. The molecule has 0 radical (unpaired) electrons. The first-order valence-electron chi connectivity index (χ1n) is 9.70. The number of hydrogen-bond acceptors (Lipinski definition) is 3. The monoisotopic (exact) mass is 360 g/mol. The molecule has 2 aliphatic rings. The summed E-state index contributed by atoms with van der Waals surface area (Å²) in [7, 11) is 2.03. The Kier molecular flexibility index (Phi) is 3.79. The third kappa shape index (κ3) is 2.82. The number of rotatable bonds is 3. The highest BCUT2D eigenvalue weighted by Gasteiger charge is 2.57. The Bertz CT molecular complexity index is 1020. The second-order valence-electron chi connectivity index (χ2n) is 7.92. The van der Waals surface area contributed by atoms with Gasteiger partial charge in [0.05, 0.1) is 11.0 Å². The number of benzene rings is 2. The first-order chi connectivity index (χ1) is 13.2. The van der Waals surface area contributed by atoms with E-state index in [9.17, 15) is 4.79 Å². The Balaban J connectivity index is 1.38. The van der Waals surface area contributed by atoms with E-state index in [-0.39, 0.29) is 17.2 Å². The van der Waals surface area contributed by atoms with Gasteiger partial charge in [0.2, 0.25) is 5.91 Å². The minimum atomic E-state index is 0.166. The predicted octanol–water partition coefficient (Wildman–Crippen LogP) is 3.57. The minimum Gasteiger partial charge on any atom is -0.327 e. The highest BCUT2D eigenvalue weighted by molar-refractivity contribution is 5.95. The Morgan fingerprint density at radius 3 is 2.81 bits per heavy atom. The molecule has 5 nitrogen and oxygen atoms in total. The van der Waals surface area contributed by atoms with Crippen LogP contribution in [0.1, 0.15) is 19.3 Å². The molecule has 5 rings (SSSR count). The van der Waals surface area contributed by atoms with Crippen LogP contribution in [0.15, 0.2) is 48.5 Å². The SMILES string of the molecule is Cn1c(-c2cccc(NC(=O)C3CC34CCNCC4)c2)nc2ccccc21. The van der Waals surface area contributed by atoms with E-state index in [4.69, 9.17) is 4.98 Å². The summed E-state index contributed by atoms with van der Waals surface area (Å²) in [6.07, 6.45) is 3.26. The molecule has 1 aliphatic carbocycles. The highest BCUT2D eigenvalue weighted by Crippen LogP contribution is 2.58. The van der Waals surface area contributed by atoms with Gasteiger partial charge in [-0.05, 0) is 62.0 Å². The summed E-state index contributed by atoms with van der Waals surface area (Å²) in [5, 5.41) is 6.53. The molecule has 2 fully saturated rings. The van der Waals surface area contributed by atoms with Crippen LogP contribution < -0.4 is 10.6 Å². The number of piperidine rings is 1. The number of aryl methyl sites for hydroxylation is 1. The van der Waals surface area contributed by atoms with Gasteiger partial charge in [-0.2, -0.15) is 0 Å². The van der Waals surface area contributed by atoms with Gasteiger partial charge in [0.25, 0.3) is 0 Å². The summed E-state index contributed by atoms with van der Waals surface area (Å²) < 4.78 is 2.10. The van der Waals surface area contributed by atoms with Gasteiger partial charge in [-0.25, -0.2) is 4.98 Å². The molecule has 138 valence electrons. The zero-order chi connectivity index (χ0) is 18.4. The molecule has 2 aromatic carbocycles. The normalized spacial score (nSPS) is 20.7.